The molecule has 1 saturated heterocycles. The highest BCUT2D eigenvalue weighted by Gasteiger charge is 2.32. The first-order chi connectivity index (χ1) is 8.45. The molecule has 0 aliphatic carbocycles. The lowest BCUT2D eigenvalue weighted by Gasteiger charge is -2.24. The molecule has 1 heterocycles. The summed E-state index contributed by atoms with van der Waals surface area (Å²) in [5.41, 5.74) is 0. The summed E-state index contributed by atoms with van der Waals surface area (Å²) in [6.45, 7) is 3.82. The van der Waals surface area contributed by atoms with Gasteiger partial charge in [-0.25, -0.2) is 4.79 Å². The Kier molecular flexibility index (Phi) is 5.12. The van der Waals surface area contributed by atoms with E-state index in [1.165, 1.54) is 7.11 Å². The van der Waals surface area contributed by atoms with Gasteiger partial charge in [-0.3, -0.25) is 9.59 Å². The Labute approximate surface area is 106 Å². The molecule has 0 aromatic rings. The Morgan fingerprint density at radius 1 is 1.39 bits per heavy atom. The van der Waals surface area contributed by atoms with Gasteiger partial charge in [-0.1, -0.05) is 13.8 Å². The van der Waals surface area contributed by atoms with Crippen molar-refractivity contribution in [1.82, 2.24) is 5.32 Å². The molecule has 1 amide bonds. The van der Waals surface area contributed by atoms with Gasteiger partial charge in [-0.15, -0.1) is 0 Å². The SMILES string of the molecule is COC(=O)[C@H](OC(=O)[C@H]1CCC(=O)NC1)C(C)C. The molecule has 0 spiro atoms. The highest BCUT2D eigenvalue weighted by molar-refractivity contribution is 5.83. The molecule has 0 bridgehead atoms. The van der Waals surface area contributed by atoms with Crippen molar-refractivity contribution in [2.75, 3.05) is 13.7 Å². The van der Waals surface area contributed by atoms with Crippen molar-refractivity contribution >= 4 is 17.8 Å². The molecule has 0 saturated carbocycles. The predicted molar refractivity (Wildman–Crippen MR) is 62.5 cm³/mol. The lowest BCUT2D eigenvalue weighted by Crippen LogP contribution is -2.42. The zero-order chi connectivity index (χ0) is 13.7. The van der Waals surface area contributed by atoms with Crippen molar-refractivity contribution in [3.63, 3.8) is 0 Å². The number of carbonyl (C=O) groups excluding carboxylic acids is 3. The molecule has 1 fully saturated rings. The molecule has 0 radical (unpaired) electrons. The second-order valence-corrected chi connectivity index (χ2v) is 4.66. The fourth-order valence-corrected chi connectivity index (χ4v) is 1.73. The number of hydrogen-bond donors (Lipinski definition) is 1. The Morgan fingerprint density at radius 3 is 2.50 bits per heavy atom. The fraction of sp³-hybridized carbons (Fsp3) is 0.750. The summed E-state index contributed by atoms with van der Waals surface area (Å²) in [6, 6.07) is 0. The van der Waals surface area contributed by atoms with Gasteiger partial charge in [0.25, 0.3) is 0 Å². The molecule has 0 aromatic heterocycles. The summed E-state index contributed by atoms with van der Waals surface area (Å²) in [5.74, 6) is -1.61. The van der Waals surface area contributed by atoms with E-state index in [0.717, 1.165) is 0 Å². The molecule has 0 aromatic carbocycles. The van der Waals surface area contributed by atoms with Crippen LogP contribution in [-0.4, -0.2) is 37.6 Å². The van der Waals surface area contributed by atoms with Gasteiger partial charge in [-0.05, 0) is 6.42 Å². The smallest absolute Gasteiger partial charge is 0.347 e. The summed E-state index contributed by atoms with van der Waals surface area (Å²) in [5, 5.41) is 2.60. The molecule has 18 heavy (non-hydrogen) atoms. The average molecular weight is 257 g/mol. The second-order valence-electron chi connectivity index (χ2n) is 4.66. The first-order valence-electron chi connectivity index (χ1n) is 6.00. The van der Waals surface area contributed by atoms with Crippen molar-refractivity contribution in [2.45, 2.75) is 32.8 Å². The number of ether oxygens (including phenoxy) is 2. The second kappa shape index (κ2) is 6.37. The van der Waals surface area contributed by atoms with Crippen molar-refractivity contribution in [3.8, 4) is 0 Å². The van der Waals surface area contributed by atoms with Crippen molar-refractivity contribution < 1.29 is 23.9 Å². The van der Waals surface area contributed by atoms with E-state index in [-0.39, 0.29) is 24.3 Å². The summed E-state index contributed by atoms with van der Waals surface area (Å²) in [4.78, 5) is 34.3. The first kappa shape index (κ1) is 14.5. The van der Waals surface area contributed by atoms with E-state index < -0.39 is 18.0 Å². The molecule has 6 heteroatoms. The van der Waals surface area contributed by atoms with Crippen LogP contribution >= 0.6 is 0 Å². The number of esters is 2. The van der Waals surface area contributed by atoms with Gasteiger partial charge < -0.3 is 14.8 Å². The predicted octanol–water partition coefficient (Wildman–Crippen LogP) is 0.253. The van der Waals surface area contributed by atoms with Crippen molar-refractivity contribution in [1.29, 1.82) is 0 Å². The van der Waals surface area contributed by atoms with E-state index in [9.17, 15) is 14.4 Å². The number of piperidine rings is 1. The van der Waals surface area contributed by atoms with Crippen LogP contribution in [0.2, 0.25) is 0 Å². The van der Waals surface area contributed by atoms with Gasteiger partial charge in [0, 0.05) is 18.9 Å². The maximum atomic E-state index is 11.9. The third-order valence-corrected chi connectivity index (χ3v) is 2.88. The molecule has 2 atom stereocenters. The molecule has 0 unspecified atom stereocenters. The monoisotopic (exact) mass is 257 g/mol. The third-order valence-electron chi connectivity index (χ3n) is 2.88. The zero-order valence-corrected chi connectivity index (χ0v) is 10.9. The van der Waals surface area contributed by atoms with E-state index in [4.69, 9.17) is 4.74 Å². The Morgan fingerprint density at radius 2 is 2.06 bits per heavy atom. The minimum atomic E-state index is -0.889. The Hall–Kier alpha value is -1.59. The summed E-state index contributed by atoms with van der Waals surface area (Å²) < 4.78 is 9.77. The van der Waals surface area contributed by atoms with Crippen LogP contribution in [0.3, 0.4) is 0 Å². The van der Waals surface area contributed by atoms with Gasteiger partial charge >= 0.3 is 11.9 Å². The molecular weight excluding hydrogens is 238 g/mol. The lowest BCUT2D eigenvalue weighted by atomic mass is 9.99. The van der Waals surface area contributed by atoms with Gasteiger partial charge in [0.1, 0.15) is 0 Å². The molecule has 1 rings (SSSR count). The van der Waals surface area contributed by atoms with Gasteiger partial charge in [-0.2, -0.15) is 0 Å². The van der Waals surface area contributed by atoms with Crippen LogP contribution < -0.4 is 5.32 Å². The third kappa shape index (κ3) is 3.72. The van der Waals surface area contributed by atoms with Crippen LogP contribution in [0, 0.1) is 11.8 Å². The number of hydrogen-bond acceptors (Lipinski definition) is 5. The number of nitrogens with one attached hydrogen (secondary N) is 1. The normalized spacial score (nSPS) is 21.1. The van der Waals surface area contributed by atoms with E-state index in [1.54, 1.807) is 13.8 Å². The molecule has 102 valence electrons. The molecule has 1 aliphatic rings. The van der Waals surface area contributed by atoms with Crippen LogP contribution in [0.5, 0.6) is 0 Å². The Balaban J connectivity index is 2.56. The molecular formula is C12H19NO5. The zero-order valence-electron chi connectivity index (χ0n) is 10.9. The summed E-state index contributed by atoms with van der Waals surface area (Å²) in [6.07, 6.45) is -0.124. The van der Waals surface area contributed by atoms with Crippen molar-refractivity contribution in [3.05, 3.63) is 0 Å². The highest BCUT2D eigenvalue weighted by atomic mass is 16.6. The standard InChI is InChI=1S/C12H19NO5/c1-7(2)10(12(16)17-3)18-11(15)8-4-5-9(14)13-6-8/h7-8,10H,4-6H2,1-3H3,(H,13,14)/t8-,10+/m0/s1. The largest absolute Gasteiger partial charge is 0.466 e. The minimum Gasteiger partial charge on any atom is -0.466 e. The van der Waals surface area contributed by atoms with Crippen molar-refractivity contribution in [2.24, 2.45) is 11.8 Å². The van der Waals surface area contributed by atoms with Crippen LogP contribution in [0.4, 0.5) is 0 Å². The minimum absolute atomic E-state index is 0.0626. The summed E-state index contributed by atoms with van der Waals surface area (Å²) >= 11 is 0. The van der Waals surface area contributed by atoms with Crippen LogP contribution in [0.25, 0.3) is 0 Å². The molecule has 1 aliphatic heterocycles. The maximum absolute atomic E-state index is 11.9. The van der Waals surface area contributed by atoms with E-state index in [2.05, 4.69) is 10.1 Å². The average Bonchev–Trinajstić information content (AvgIpc) is 2.35. The lowest BCUT2D eigenvalue weighted by molar-refractivity contribution is -0.172. The van der Waals surface area contributed by atoms with E-state index in [0.29, 0.717) is 12.8 Å². The quantitative estimate of drug-likeness (QED) is 0.730. The van der Waals surface area contributed by atoms with Gasteiger partial charge in [0.15, 0.2) is 0 Å². The topological polar surface area (TPSA) is 81.7 Å². The number of rotatable bonds is 4. The Bertz CT molecular complexity index is 329. The van der Waals surface area contributed by atoms with Crippen LogP contribution in [-0.2, 0) is 23.9 Å². The summed E-state index contributed by atoms with van der Waals surface area (Å²) in [7, 11) is 1.26. The molecule has 1 N–H and O–H groups in total. The maximum Gasteiger partial charge on any atom is 0.347 e. The highest BCUT2D eigenvalue weighted by Crippen LogP contribution is 2.16. The number of amides is 1. The van der Waals surface area contributed by atoms with Crippen LogP contribution in [0.15, 0.2) is 0 Å². The van der Waals surface area contributed by atoms with E-state index in [1.807, 2.05) is 0 Å². The first-order valence-corrected chi connectivity index (χ1v) is 6.00. The number of carbonyl (C=O) groups is 3. The van der Waals surface area contributed by atoms with Gasteiger partial charge in [0.05, 0.1) is 13.0 Å². The van der Waals surface area contributed by atoms with Gasteiger partial charge in [0.2, 0.25) is 12.0 Å². The molecule has 6 nitrogen and oxygen atoms in total. The fourth-order valence-electron chi connectivity index (χ4n) is 1.73. The number of methoxy groups -OCH3 is 1. The van der Waals surface area contributed by atoms with Crippen LogP contribution in [0.1, 0.15) is 26.7 Å². The van der Waals surface area contributed by atoms with E-state index >= 15 is 0 Å².